The SMILES string of the molecule is N=Cc1ccc(Br)c2c1C(=O)c1ccccc1C2=O. The number of fused-ring (bicyclic) bond motifs is 2. The highest BCUT2D eigenvalue weighted by atomic mass is 79.9. The summed E-state index contributed by atoms with van der Waals surface area (Å²) in [4.78, 5) is 25.0. The maximum absolute atomic E-state index is 12.5. The van der Waals surface area contributed by atoms with Crippen LogP contribution in [0.4, 0.5) is 0 Å². The zero-order valence-electron chi connectivity index (χ0n) is 9.74. The average molecular weight is 314 g/mol. The van der Waals surface area contributed by atoms with Crippen LogP contribution in [0.3, 0.4) is 0 Å². The quantitative estimate of drug-likeness (QED) is 0.701. The van der Waals surface area contributed by atoms with Crippen LogP contribution in [0.25, 0.3) is 0 Å². The van der Waals surface area contributed by atoms with Crippen molar-refractivity contribution in [2.45, 2.75) is 0 Å². The average Bonchev–Trinajstić information content (AvgIpc) is 2.44. The summed E-state index contributed by atoms with van der Waals surface area (Å²) in [5.74, 6) is -0.384. The minimum atomic E-state index is -0.204. The largest absolute Gasteiger partial charge is 0.308 e. The molecule has 0 atom stereocenters. The van der Waals surface area contributed by atoms with Crippen molar-refractivity contribution >= 4 is 33.7 Å². The first-order valence-corrected chi connectivity index (χ1v) is 6.46. The lowest BCUT2D eigenvalue weighted by Crippen LogP contribution is -2.23. The van der Waals surface area contributed by atoms with Gasteiger partial charge in [-0.3, -0.25) is 9.59 Å². The van der Waals surface area contributed by atoms with Gasteiger partial charge in [-0.2, -0.15) is 0 Å². The third-order valence-electron chi connectivity index (χ3n) is 3.21. The van der Waals surface area contributed by atoms with E-state index < -0.39 is 0 Å². The fraction of sp³-hybridized carbons (Fsp3) is 0. The van der Waals surface area contributed by atoms with E-state index >= 15 is 0 Å². The molecule has 0 saturated carbocycles. The van der Waals surface area contributed by atoms with Gasteiger partial charge < -0.3 is 5.41 Å². The van der Waals surface area contributed by atoms with Gasteiger partial charge in [0, 0.05) is 38.5 Å². The summed E-state index contributed by atoms with van der Waals surface area (Å²) < 4.78 is 0.584. The lowest BCUT2D eigenvalue weighted by molar-refractivity contribution is 0.0978. The van der Waals surface area contributed by atoms with Crippen LogP contribution in [0, 0.1) is 5.41 Å². The van der Waals surface area contributed by atoms with Crippen molar-refractivity contribution in [3.63, 3.8) is 0 Å². The van der Waals surface area contributed by atoms with Crippen LogP contribution in [0.1, 0.15) is 37.4 Å². The highest BCUT2D eigenvalue weighted by Crippen LogP contribution is 2.33. The van der Waals surface area contributed by atoms with Gasteiger partial charge in [0.25, 0.3) is 0 Å². The van der Waals surface area contributed by atoms with Crippen molar-refractivity contribution < 1.29 is 9.59 Å². The smallest absolute Gasteiger partial charge is 0.195 e. The zero-order valence-corrected chi connectivity index (χ0v) is 11.3. The molecule has 3 rings (SSSR count). The molecule has 0 heterocycles. The Morgan fingerprint density at radius 1 is 0.895 bits per heavy atom. The minimum absolute atomic E-state index is 0.180. The van der Waals surface area contributed by atoms with E-state index in [2.05, 4.69) is 15.9 Å². The molecule has 1 aliphatic carbocycles. The lowest BCUT2D eigenvalue weighted by Gasteiger charge is -2.19. The first kappa shape index (κ1) is 12.0. The monoisotopic (exact) mass is 313 g/mol. The second-order valence-electron chi connectivity index (χ2n) is 4.23. The molecule has 2 aromatic carbocycles. The van der Waals surface area contributed by atoms with Crippen molar-refractivity contribution in [3.05, 3.63) is 68.7 Å². The number of halogens is 1. The number of benzene rings is 2. The van der Waals surface area contributed by atoms with Gasteiger partial charge in [0.15, 0.2) is 11.6 Å². The van der Waals surface area contributed by atoms with E-state index in [1.54, 1.807) is 36.4 Å². The fourth-order valence-corrected chi connectivity index (χ4v) is 2.84. The van der Waals surface area contributed by atoms with Crippen LogP contribution in [0.15, 0.2) is 40.9 Å². The summed E-state index contributed by atoms with van der Waals surface area (Å²) in [6.07, 6.45) is 1.10. The molecule has 92 valence electrons. The number of hydrogen-bond donors (Lipinski definition) is 1. The number of hydrogen-bond acceptors (Lipinski definition) is 3. The maximum Gasteiger partial charge on any atom is 0.195 e. The van der Waals surface area contributed by atoms with E-state index in [0.717, 1.165) is 6.21 Å². The van der Waals surface area contributed by atoms with Gasteiger partial charge in [0.1, 0.15) is 0 Å². The first-order valence-electron chi connectivity index (χ1n) is 5.66. The summed E-state index contributed by atoms with van der Waals surface area (Å²) in [5, 5.41) is 7.39. The molecule has 0 spiro atoms. The van der Waals surface area contributed by atoms with Gasteiger partial charge in [-0.25, -0.2) is 0 Å². The molecule has 0 radical (unpaired) electrons. The molecule has 0 bridgehead atoms. The predicted octanol–water partition coefficient (Wildman–Crippen LogP) is 3.22. The van der Waals surface area contributed by atoms with Crippen molar-refractivity contribution in [2.75, 3.05) is 0 Å². The Labute approximate surface area is 117 Å². The molecule has 0 fully saturated rings. The van der Waals surface area contributed by atoms with Gasteiger partial charge in [-0.1, -0.05) is 46.3 Å². The molecule has 0 aliphatic heterocycles. The first-order chi connectivity index (χ1) is 9.15. The topological polar surface area (TPSA) is 58.0 Å². The van der Waals surface area contributed by atoms with Crippen molar-refractivity contribution in [1.82, 2.24) is 0 Å². The lowest BCUT2D eigenvalue weighted by atomic mass is 9.82. The van der Waals surface area contributed by atoms with Crippen LogP contribution < -0.4 is 0 Å². The Hall–Kier alpha value is -2.07. The fourth-order valence-electron chi connectivity index (χ4n) is 2.33. The third-order valence-corrected chi connectivity index (χ3v) is 3.87. The Balaban J connectivity index is 2.42. The van der Waals surface area contributed by atoms with Gasteiger partial charge >= 0.3 is 0 Å². The van der Waals surface area contributed by atoms with Crippen LogP contribution in [0.5, 0.6) is 0 Å². The Kier molecular flexibility index (Phi) is 2.68. The number of nitrogens with one attached hydrogen (secondary N) is 1. The molecule has 0 saturated heterocycles. The molecule has 2 aromatic rings. The standard InChI is InChI=1S/C15H8BrNO2/c16-11-6-5-8(7-17)12-13(11)15(19)10-4-2-1-3-9(10)14(12)18/h1-7,17H. The van der Waals surface area contributed by atoms with Crippen LogP contribution in [-0.4, -0.2) is 17.8 Å². The van der Waals surface area contributed by atoms with Gasteiger partial charge in [-0.05, 0) is 6.07 Å². The molecule has 4 heteroatoms. The molecular weight excluding hydrogens is 306 g/mol. The minimum Gasteiger partial charge on any atom is -0.308 e. The summed E-state index contributed by atoms with van der Waals surface area (Å²) in [6, 6.07) is 10.1. The van der Waals surface area contributed by atoms with E-state index in [0.29, 0.717) is 32.3 Å². The molecular formula is C15H8BrNO2. The molecule has 19 heavy (non-hydrogen) atoms. The molecule has 0 unspecified atom stereocenters. The summed E-state index contributed by atoms with van der Waals surface area (Å²) in [7, 11) is 0. The molecule has 3 nitrogen and oxygen atoms in total. The second-order valence-corrected chi connectivity index (χ2v) is 5.09. The summed E-state index contributed by atoms with van der Waals surface area (Å²) >= 11 is 3.32. The Morgan fingerprint density at radius 3 is 2.05 bits per heavy atom. The molecule has 1 N–H and O–H groups in total. The van der Waals surface area contributed by atoms with Crippen LogP contribution >= 0.6 is 15.9 Å². The van der Waals surface area contributed by atoms with Gasteiger partial charge in [0.05, 0.1) is 0 Å². The molecule has 1 aliphatic rings. The normalized spacial score (nSPS) is 12.9. The number of ketones is 2. The number of carbonyl (C=O) groups excluding carboxylic acids is 2. The summed E-state index contributed by atoms with van der Waals surface area (Å²) in [6.45, 7) is 0. The van der Waals surface area contributed by atoms with Crippen molar-refractivity contribution in [2.24, 2.45) is 0 Å². The van der Waals surface area contributed by atoms with Gasteiger partial charge in [-0.15, -0.1) is 0 Å². The Bertz CT molecular complexity index is 750. The third kappa shape index (κ3) is 1.60. The van der Waals surface area contributed by atoms with E-state index in [1.165, 1.54) is 0 Å². The van der Waals surface area contributed by atoms with Crippen LogP contribution in [0.2, 0.25) is 0 Å². The maximum atomic E-state index is 12.5. The molecule has 0 aromatic heterocycles. The number of carbonyl (C=O) groups is 2. The summed E-state index contributed by atoms with van der Waals surface area (Å²) in [5.41, 5.74) is 1.95. The van der Waals surface area contributed by atoms with E-state index in [1.807, 2.05) is 0 Å². The highest BCUT2D eigenvalue weighted by molar-refractivity contribution is 9.10. The number of rotatable bonds is 1. The van der Waals surface area contributed by atoms with E-state index in [4.69, 9.17) is 5.41 Å². The van der Waals surface area contributed by atoms with Crippen LogP contribution in [-0.2, 0) is 0 Å². The highest BCUT2D eigenvalue weighted by Gasteiger charge is 2.32. The zero-order chi connectivity index (χ0) is 13.6. The van der Waals surface area contributed by atoms with E-state index in [-0.39, 0.29) is 11.6 Å². The van der Waals surface area contributed by atoms with E-state index in [9.17, 15) is 9.59 Å². The predicted molar refractivity (Wildman–Crippen MR) is 75.3 cm³/mol. The Morgan fingerprint density at radius 2 is 1.47 bits per heavy atom. The van der Waals surface area contributed by atoms with Crippen molar-refractivity contribution in [1.29, 1.82) is 5.41 Å². The van der Waals surface area contributed by atoms with Gasteiger partial charge in [0.2, 0.25) is 0 Å². The second kappa shape index (κ2) is 4.24. The molecule has 0 amide bonds. The van der Waals surface area contributed by atoms with Crippen molar-refractivity contribution in [3.8, 4) is 0 Å².